The third kappa shape index (κ3) is 5.69. The molecule has 3 rings (SSSR count). The van der Waals surface area contributed by atoms with Crippen molar-refractivity contribution < 1.29 is 27.2 Å². The number of fused-ring (bicyclic) bond motifs is 1. The summed E-state index contributed by atoms with van der Waals surface area (Å²) < 4.78 is 43.9. The van der Waals surface area contributed by atoms with Crippen LogP contribution in [0.2, 0.25) is 0 Å². The molecule has 0 fully saturated rings. The van der Waals surface area contributed by atoms with Gasteiger partial charge in [0.05, 0.1) is 24.4 Å². The van der Waals surface area contributed by atoms with E-state index in [0.29, 0.717) is 11.1 Å². The molecule has 0 aliphatic carbocycles. The molecular weight excluding hydrogens is 442 g/mol. The van der Waals surface area contributed by atoms with Gasteiger partial charge in [-0.25, -0.2) is 4.79 Å². The number of ether oxygens (including phenoxy) is 1. The molecule has 0 aliphatic heterocycles. The summed E-state index contributed by atoms with van der Waals surface area (Å²) in [5, 5.41) is 10.4. The van der Waals surface area contributed by atoms with Gasteiger partial charge in [0, 0.05) is 7.05 Å². The lowest BCUT2D eigenvalue weighted by atomic mass is 10.1. The molecule has 1 atom stereocenters. The first-order valence-electron chi connectivity index (χ1n) is 9.34. The Morgan fingerprint density at radius 1 is 1.16 bits per heavy atom. The molecule has 0 aliphatic rings. The van der Waals surface area contributed by atoms with E-state index in [-0.39, 0.29) is 22.7 Å². The van der Waals surface area contributed by atoms with Crippen LogP contribution in [-0.2, 0) is 14.9 Å². The zero-order chi connectivity index (χ0) is 22.8. The second kappa shape index (κ2) is 8.77. The van der Waals surface area contributed by atoms with Gasteiger partial charge in [-0.1, -0.05) is 18.2 Å². The highest BCUT2D eigenvalue weighted by Gasteiger charge is 2.23. The highest BCUT2D eigenvalue weighted by atomic mass is 32.2. The number of aliphatic hydroxyl groups is 1. The van der Waals surface area contributed by atoms with E-state index < -0.39 is 27.9 Å². The maximum atomic E-state index is 12.7. The number of benzene rings is 2. The lowest BCUT2D eigenvalue weighted by molar-refractivity contribution is 0.0205. The molecule has 1 unspecified atom stereocenters. The first kappa shape index (κ1) is 22.9. The van der Waals surface area contributed by atoms with E-state index in [4.69, 9.17) is 8.92 Å². The van der Waals surface area contributed by atoms with Crippen LogP contribution >= 0.6 is 11.7 Å². The maximum absolute atomic E-state index is 12.7. The van der Waals surface area contributed by atoms with Crippen molar-refractivity contribution >= 4 is 39.0 Å². The minimum absolute atomic E-state index is 0.00619. The van der Waals surface area contributed by atoms with E-state index in [2.05, 4.69) is 8.75 Å². The molecular formula is C20H23N3O6S2. The van der Waals surface area contributed by atoms with Crippen LogP contribution in [0, 0.1) is 0 Å². The van der Waals surface area contributed by atoms with Crippen molar-refractivity contribution in [2.24, 2.45) is 0 Å². The van der Waals surface area contributed by atoms with Crippen molar-refractivity contribution in [3.8, 4) is 5.75 Å². The minimum Gasteiger partial charge on any atom is -0.444 e. The molecule has 0 bridgehead atoms. The summed E-state index contributed by atoms with van der Waals surface area (Å²) in [6.07, 6.45) is -1.54. The van der Waals surface area contributed by atoms with Gasteiger partial charge in [0.25, 0.3) is 0 Å². The van der Waals surface area contributed by atoms with Crippen LogP contribution in [0.5, 0.6) is 5.75 Å². The van der Waals surface area contributed by atoms with E-state index >= 15 is 0 Å². The topological polar surface area (TPSA) is 119 Å². The molecule has 0 spiro atoms. The number of rotatable bonds is 6. The zero-order valence-electron chi connectivity index (χ0n) is 17.5. The Bertz CT molecular complexity index is 1170. The predicted molar refractivity (Wildman–Crippen MR) is 115 cm³/mol. The third-order valence-electron chi connectivity index (χ3n) is 4.14. The fourth-order valence-electron chi connectivity index (χ4n) is 2.68. The molecule has 2 aromatic carbocycles. The Morgan fingerprint density at radius 3 is 2.48 bits per heavy atom. The molecule has 1 amide bonds. The number of aliphatic hydroxyl groups excluding tert-OH is 1. The molecule has 1 N–H and O–H groups in total. The molecule has 31 heavy (non-hydrogen) atoms. The van der Waals surface area contributed by atoms with Crippen molar-refractivity contribution in [3.05, 3.63) is 48.0 Å². The van der Waals surface area contributed by atoms with E-state index in [0.717, 1.165) is 11.7 Å². The highest BCUT2D eigenvalue weighted by Crippen LogP contribution is 2.26. The number of carbonyl (C=O) groups is 1. The van der Waals surface area contributed by atoms with Gasteiger partial charge in [0.2, 0.25) is 0 Å². The lowest BCUT2D eigenvalue weighted by Crippen LogP contribution is -2.36. The third-order valence-corrected chi connectivity index (χ3v) is 5.96. The maximum Gasteiger partial charge on any atom is 0.410 e. The number of hydrogen-bond donors (Lipinski definition) is 1. The number of carbonyl (C=O) groups excluding carboxylic acids is 1. The van der Waals surface area contributed by atoms with Gasteiger partial charge in [-0.05, 0) is 50.6 Å². The quantitative estimate of drug-likeness (QED) is 0.551. The van der Waals surface area contributed by atoms with Crippen LogP contribution in [0.4, 0.5) is 4.79 Å². The number of aromatic nitrogens is 2. The Kier molecular flexibility index (Phi) is 6.48. The summed E-state index contributed by atoms with van der Waals surface area (Å²) in [6, 6.07) is 10.6. The summed E-state index contributed by atoms with van der Waals surface area (Å²) in [5.74, 6) is 0.0802. The van der Waals surface area contributed by atoms with Crippen molar-refractivity contribution in [3.63, 3.8) is 0 Å². The monoisotopic (exact) mass is 465 g/mol. The fraction of sp³-hybridized carbons (Fsp3) is 0.350. The predicted octanol–water partition coefficient (Wildman–Crippen LogP) is 3.36. The first-order chi connectivity index (χ1) is 14.5. The first-order valence-corrected chi connectivity index (χ1v) is 11.5. The largest absolute Gasteiger partial charge is 0.444 e. The Labute approximate surface area is 184 Å². The second-order valence-corrected chi connectivity index (χ2v) is 9.91. The summed E-state index contributed by atoms with van der Waals surface area (Å²) in [4.78, 5) is 13.2. The van der Waals surface area contributed by atoms with Crippen LogP contribution in [0.1, 0.15) is 32.4 Å². The summed E-state index contributed by atoms with van der Waals surface area (Å²) in [5.41, 5.74) is 0.581. The number of nitrogens with zero attached hydrogens (tertiary/aromatic N) is 3. The smallest absolute Gasteiger partial charge is 0.410 e. The molecule has 0 radical (unpaired) electrons. The number of amides is 1. The summed E-state index contributed by atoms with van der Waals surface area (Å²) in [7, 11) is -2.60. The van der Waals surface area contributed by atoms with Gasteiger partial charge in [-0.15, -0.1) is 0 Å². The number of likely N-dealkylation sites (N-methyl/N-ethyl adjacent to an activating group) is 1. The standard InChI is InChI=1S/C20H23N3O6S2/c1-20(2,3)28-19(25)23(4)12-16(24)13-8-10-14(11-9-13)29-31(26,27)17-7-5-6-15-18(17)22-30-21-15/h5-11,16,24H,12H2,1-4H3. The normalized spacial score (nSPS) is 13.1. The Morgan fingerprint density at radius 2 is 1.84 bits per heavy atom. The molecule has 1 heterocycles. The highest BCUT2D eigenvalue weighted by molar-refractivity contribution is 7.87. The average molecular weight is 466 g/mol. The van der Waals surface area contributed by atoms with Crippen molar-refractivity contribution in [1.82, 2.24) is 13.6 Å². The molecule has 0 saturated heterocycles. The SMILES string of the molecule is CN(CC(O)c1ccc(OS(=O)(=O)c2cccc3nsnc23)cc1)C(=O)OC(C)(C)C. The van der Waals surface area contributed by atoms with Crippen LogP contribution < -0.4 is 4.18 Å². The zero-order valence-corrected chi connectivity index (χ0v) is 19.1. The van der Waals surface area contributed by atoms with E-state index in [9.17, 15) is 18.3 Å². The van der Waals surface area contributed by atoms with Crippen LogP contribution in [0.3, 0.4) is 0 Å². The average Bonchev–Trinajstić information content (AvgIpc) is 3.15. The van der Waals surface area contributed by atoms with Crippen molar-refractivity contribution in [2.45, 2.75) is 37.4 Å². The van der Waals surface area contributed by atoms with Gasteiger partial charge in [0.1, 0.15) is 27.3 Å². The number of hydrogen-bond acceptors (Lipinski definition) is 9. The van der Waals surface area contributed by atoms with Gasteiger partial charge >= 0.3 is 16.2 Å². The summed E-state index contributed by atoms with van der Waals surface area (Å²) >= 11 is 0.919. The van der Waals surface area contributed by atoms with Crippen LogP contribution in [-0.4, -0.2) is 52.5 Å². The van der Waals surface area contributed by atoms with Crippen molar-refractivity contribution in [2.75, 3.05) is 13.6 Å². The molecule has 0 saturated carbocycles. The lowest BCUT2D eigenvalue weighted by Gasteiger charge is -2.26. The van der Waals surface area contributed by atoms with Gasteiger partial charge in [-0.3, -0.25) is 0 Å². The van der Waals surface area contributed by atoms with Crippen molar-refractivity contribution in [1.29, 1.82) is 0 Å². The van der Waals surface area contributed by atoms with E-state index in [1.54, 1.807) is 32.9 Å². The molecule has 3 aromatic rings. The Balaban J connectivity index is 1.68. The molecule has 11 heteroatoms. The van der Waals surface area contributed by atoms with Gasteiger partial charge < -0.3 is 18.9 Å². The molecule has 166 valence electrons. The fourth-order valence-corrected chi connectivity index (χ4v) is 4.37. The van der Waals surface area contributed by atoms with Crippen LogP contribution in [0.25, 0.3) is 11.0 Å². The summed E-state index contributed by atoms with van der Waals surface area (Å²) in [6.45, 7) is 5.28. The van der Waals surface area contributed by atoms with Gasteiger partial charge in [-0.2, -0.15) is 17.2 Å². The molecule has 9 nitrogen and oxygen atoms in total. The minimum atomic E-state index is -4.12. The second-order valence-electron chi connectivity index (χ2n) is 7.87. The Hall–Kier alpha value is -2.76. The van der Waals surface area contributed by atoms with Crippen LogP contribution in [0.15, 0.2) is 47.4 Å². The van der Waals surface area contributed by atoms with Gasteiger partial charge in [0.15, 0.2) is 0 Å². The van der Waals surface area contributed by atoms with E-state index in [1.165, 1.54) is 42.3 Å². The van der Waals surface area contributed by atoms with E-state index in [1.807, 2.05) is 0 Å². The molecule has 1 aromatic heterocycles.